The Bertz CT molecular complexity index is 4150. The summed E-state index contributed by atoms with van der Waals surface area (Å²) in [6, 6.07) is 14.4. The number of fused-ring (bicyclic) bond motifs is 1. The lowest BCUT2D eigenvalue weighted by Crippen LogP contribution is -2.62. The van der Waals surface area contributed by atoms with Crippen LogP contribution in [0.3, 0.4) is 0 Å². The molecule has 33 heteroatoms. The van der Waals surface area contributed by atoms with Crippen molar-refractivity contribution >= 4 is 93.7 Å². The van der Waals surface area contributed by atoms with E-state index in [1.54, 1.807) is 142 Å². The zero-order valence-electron chi connectivity index (χ0n) is 70.0. The van der Waals surface area contributed by atoms with Gasteiger partial charge in [-0.1, -0.05) is 173 Å². The number of unbranched alkanes of at least 4 members (excludes halogenated alkanes) is 2. The molecule has 652 valence electrons. The smallest absolute Gasteiger partial charge is 0.326 e. The minimum Gasteiger partial charge on any atom is -0.508 e. The van der Waals surface area contributed by atoms with Crippen molar-refractivity contribution < 1.29 is 82.4 Å². The number of hydrogen-bond donors (Lipinski definition) is 19. The molecule has 0 aliphatic carbocycles. The van der Waals surface area contributed by atoms with E-state index in [1.165, 1.54) is 24.3 Å². The molecule has 1 aromatic heterocycles. The molecule has 5 rings (SSSR count). The molecule has 0 radical (unpaired) electrons. The summed E-state index contributed by atoms with van der Waals surface area (Å²) < 4.78 is 0. The summed E-state index contributed by atoms with van der Waals surface area (Å²) in [5.41, 5.74) is 21.0. The van der Waals surface area contributed by atoms with E-state index in [0.29, 0.717) is 60.8 Å². The SMILES string of the molecule is CC[C@H](C)[C@H](NC(=O)[C@H](CCCCN)NC(=O)[C@H](CCCCN)NC(=O)[C@H](CC(C)C)NC(=O)CNC(=O)[C@H](CC(C)C)NC(=O)[C@H](Cc1c[nH]c2ccccc12)NC(=O)[C@H](Cc1ccccc1)NC(=O)[C@@H](N)CCC(=O)O)C(=O)N[C@@H](Cc1ccccc1)C(=O)N[C@@H](Cc1ccc(O)cc1)C(=O)N[C@H](C(=O)N[C@H](C(=O)O)C(C)C)[C@@H](C)CC. The number of aromatic nitrogens is 1. The molecule has 0 aliphatic heterocycles. The minimum atomic E-state index is -1.44. The third-order valence-electron chi connectivity index (χ3n) is 20.7. The molecule has 14 atom stereocenters. The number of benzene rings is 4. The highest BCUT2D eigenvalue weighted by molar-refractivity contribution is 6.00. The number of carbonyl (C=O) groups is 14. The monoisotopic (exact) mass is 1650 g/mol. The third kappa shape index (κ3) is 33.5. The van der Waals surface area contributed by atoms with E-state index in [2.05, 4.69) is 68.8 Å². The van der Waals surface area contributed by atoms with Crippen LogP contribution in [0.4, 0.5) is 0 Å². The van der Waals surface area contributed by atoms with Gasteiger partial charge in [0.1, 0.15) is 72.2 Å². The van der Waals surface area contributed by atoms with Crippen LogP contribution >= 0.6 is 0 Å². The average Bonchev–Trinajstić information content (AvgIpc) is 1.74. The lowest BCUT2D eigenvalue weighted by molar-refractivity contribution is -0.144. The predicted molar refractivity (Wildman–Crippen MR) is 449 cm³/mol. The van der Waals surface area contributed by atoms with Gasteiger partial charge in [-0.15, -0.1) is 0 Å². The Balaban J connectivity index is 1.37. The van der Waals surface area contributed by atoms with Crippen LogP contribution in [0.2, 0.25) is 0 Å². The van der Waals surface area contributed by atoms with Crippen molar-refractivity contribution in [2.24, 2.45) is 46.8 Å². The van der Waals surface area contributed by atoms with Crippen LogP contribution in [0.5, 0.6) is 5.75 Å². The number of phenols is 1. The first-order valence-electron chi connectivity index (χ1n) is 41.2. The Hall–Kier alpha value is -11.3. The van der Waals surface area contributed by atoms with Gasteiger partial charge < -0.3 is 101 Å². The number of hydrogen-bond acceptors (Lipinski definition) is 18. The molecule has 0 unspecified atom stereocenters. The molecule has 0 aliphatic rings. The summed E-state index contributed by atoms with van der Waals surface area (Å²) in [6.45, 7) is 17.1. The molecule has 119 heavy (non-hydrogen) atoms. The fraction of sp³-hybridized carbons (Fsp3) is 0.535. The number of nitrogens with one attached hydrogen (secondary N) is 13. The molecule has 33 nitrogen and oxygen atoms in total. The van der Waals surface area contributed by atoms with E-state index in [4.69, 9.17) is 17.2 Å². The second kappa shape index (κ2) is 50.4. The molecule has 12 amide bonds. The molecule has 22 N–H and O–H groups in total. The van der Waals surface area contributed by atoms with Crippen molar-refractivity contribution in [3.05, 3.63) is 138 Å². The van der Waals surface area contributed by atoms with Crippen molar-refractivity contribution in [1.82, 2.24) is 68.8 Å². The van der Waals surface area contributed by atoms with Crippen LogP contribution < -0.4 is 81.0 Å². The number of H-pyrrole nitrogens is 1. The van der Waals surface area contributed by atoms with Gasteiger partial charge in [0.25, 0.3) is 0 Å². The van der Waals surface area contributed by atoms with Crippen molar-refractivity contribution in [3.8, 4) is 5.75 Å². The van der Waals surface area contributed by atoms with Gasteiger partial charge in [0.05, 0.1) is 12.6 Å². The van der Waals surface area contributed by atoms with Crippen LogP contribution in [-0.2, 0) is 92.8 Å². The predicted octanol–water partition coefficient (Wildman–Crippen LogP) is 2.97. The summed E-state index contributed by atoms with van der Waals surface area (Å²) in [5.74, 6) is -14.3. The number of para-hydroxylation sites is 1. The quantitative estimate of drug-likeness (QED) is 0.0249. The number of aromatic amines is 1. The molecule has 0 saturated carbocycles. The lowest BCUT2D eigenvalue weighted by atomic mass is 9.95. The van der Waals surface area contributed by atoms with E-state index in [-0.39, 0.29) is 88.5 Å². The van der Waals surface area contributed by atoms with E-state index in [9.17, 15) is 77.6 Å². The molecule has 0 saturated heterocycles. The van der Waals surface area contributed by atoms with Crippen LogP contribution in [0.1, 0.15) is 169 Å². The Morgan fingerprint density at radius 2 is 0.773 bits per heavy atom. The first-order valence-corrected chi connectivity index (χ1v) is 41.2. The zero-order chi connectivity index (χ0) is 88.0. The molecule has 1 heterocycles. The molecule has 4 aromatic carbocycles. The molecular weight excluding hydrogens is 1530 g/mol. The number of amides is 12. The largest absolute Gasteiger partial charge is 0.508 e. The van der Waals surface area contributed by atoms with Gasteiger partial charge in [0.2, 0.25) is 70.9 Å². The number of carboxylic acid groups (broad SMARTS) is 2. The van der Waals surface area contributed by atoms with E-state index in [1.807, 2.05) is 18.2 Å². The van der Waals surface area contributed by atoms with Crippen molar-refractivity contribution in [3.63, 3.8) is 0 Å². The van der Waals surface area contributed by atoms with Gasteiger partial charge in [0, 0.05) is 49.2 Å². The highest BCUT2D eigenvalue weighted by Gasteiger charge is 2.39. The highest BCUT2D eigenvalue weighted by atomic mass is 16.4. The number of phenolic OH excluding ortho intramolecular Hbond substituents is 1. The Morgan fingerprint density at radius 3 is 1.23 bits per heavy atom. The second-order valence-corrected chi connectivity index (χ2v) is 31.8. The number of carboxylic acids is 2. The summed E-state index contributed by atoms with van der Waals surface area (Å²) in [6.07, 6.45) is 2.79. The lowest BCUT2D eigenvalue weighted by Gasteiger charge is -2.30. The fourth-order valence-electron chi connectivity index (χ4n) is 13.4. The van der Waals surface area contributed by atoms with E-state index < -0.39 is 186 Å². The Labute approximate surface area is 696 Å². The highest BCUT2D eigenvalue weighted by Crippen LogP contribution is 2.22. The summed E-state index contributed by atoms with van der Waals surface area (Å²) >= 11 is 0. The van der Waals surface area contributed by atoms with Crippen molar-refractivity contribution in [1.29, 1.82) is 0 Å². The number of aromatic hydroxyl groups is 1. The van der Waals surface area contributed by atoms with Crippen LogP contribution in [0, 0.1) is 29.6 Å². The Kier molecular flexibility index (Phi) is 41.7. The van der Waals surface area contributed by atoms with Crippen molar-refractivity contribution in [2.75, 3.05) is 19.6 Å². The van der Waals surface area contributed by atoms with Gasteiger partial charge in [-0.2, -0.15) is 0 Å². The number of aliphatic carboxylic acids is 2. The number of carbonyl (C=O) groups excluding carboxylic acids is 12. The first-order chi connectivity index (χ1) is 56.6. The number of nitrogens with two attached hydrogens (primary N) is 3. The molecule has 0 bridgehead atoms. The minimum absolute atomic E-state index is 0.00199. The van der Waals surface area contributed by atoms with Gasteiger partial charge in [0.15, 0.2) is 0 Å². The normalized spacial score (nSPS) is 14.9. The second-order valence-electron chi connectivity index (χ2n) is 31.8. The molecule has 5 aromatic rings. The van der Waals surface area contributed by atoms with Crippen LogP contribution in [0.15, 0.2) is 115 Å². The molecular formula is C86H126N16O17. The Morgan fingerprint density at radius 1 is 0.395 bits per heavy atom. The molecule has 0 spiro atoms. The summed E-state index contributed by atoms with van der Waals surface area (Å²) in [5, 5.41) is 62.9. The maximum Gasteiger partial charge on any atom is 0.326 e. The van der Waals surface area contributed by atoms with Gasteiger partial charge >= 0.3 is 11.9 Å². The average molecular weight is 1660 g/mol. The van der Waals surface area contributed by atoms with Gasteiger partial charge in [-0.05, 0) is 141 Å². The van der Waals surface area contributed by atoms with Crippen molar-refractivity contribution in [2.45, 2.75) is 244 Å². The summed E-state index contributed by atoms with van der Waals surface area (Å²) in [7, 11) is 0. The first kappa shape index (κ1) is 98.3. The maximum absolute atomic E-state index is 15.0. The third-order valence-corrected chi connectivity index (χ3v) is 20.7. The van der Waals surface area contributed by atoms with Gasteiger partial charge in [-0.3, -0.25) is 62.3 Å². The maximum atomic E-state index is 15.0. The standard InChI is InChI=1S/C86H126N16O17/c1-11-52(9)73(84(116)99-67(44-55-27-17-14-18-28-55)81(113)97-68(45-56-33-35-58(103)36-34-56)83(115)102-74(53(10)12-2)85(117)100-72(51(7)8)86(118)119)101-78(110)63(32-22-24-40-88)93-77(109)62(31-21-23-39-87)94-79(111)65(42-50(5)6)92-70(104)48-91-76(108)64(41-49(3)4)96-82(114)69(46-57-47-90-61-30-20-19-29-59(57)61)98-80(112)66(43-54-25-15-13-16-26-54)95-75(107)60(89)37-38-71(105)106/h13-20,25-30,33-36,47,49-53,60,62-69,72-74,90,103H,11-12,21-24,31-32,37-46,48,87-89H2,1-10H3,(H,91,108)(H,92,104)(H,93,109)(H,94,111)(H,95,107)(H,96,114)(H,97,113)(H,98,112)(H,99,116)(H,100,117)(H,101,110)(H,102,115)(H,105,106)(H,118,119)/t52-,53-,60-,62-,63-,64-,65-,66-,67-,68-,69-,72-,73-,74-/m0/s1. The van der Waals surface area contributed by atoms with E-state index in [0.717, 1.165) is 10.9 Å². The number of rotatable bonds is 53. The molecule has 0 fully saturated rings. The van der Waals surface area contributed by atoms with Crippen LogP contribution in [-0.4, -0.2) is 195 Å². The topological polar surface area (TPSA) is 538 Å². The van der Waals surface area contributed by atoms with E-state index >= 15 is 4.79 Å². The summed E-state index contributed by atoms with van der Waals surface area (Å²) in [4.78, 5) is 201. The fourth-order valence-corrected chi connectivity index (χ4v) is 13.4. The van der Waals surface area contributed by atoms with Crippen LogP contribution in [0.25, 0.3) is 10.9 Å². The zero-order valence-corrected chi connectivity index (χ0v) is 70.0. The van der Waals surface area contributed by atoms with Gasteiger partial charge in [-0.25, -0.2) is 4.79 Å².